The summed E-state index contributed by atoms with van der Waals surface area (Å²) >= 11 is 1.54. The number of thioether (sulfide) groups is 1. The number of likely N-dealkylation sites (N-methyl/N-ethyl adjacent to an activating group) is 1. The zero-order chi connectivity index (χ0) is 21.1. The third-order valence-corrected chi connectivity index (χ3v) is 6.35. The molecule has 2 aliphatic rings. The molecule has 1 unspecified atom stereocenters. The van der Waals surface area contributed by atoms with Crippen molar-refractivity contribution in [3.8, 4) is 0 Å². The number of para-hydroxylation sites is 1. The number of alkyl halides is 1. The molecular weight excluding hydrogens is 407 g/mol. The molecule has 0 spiro atoms. The summed E-state index contributed by atoms with van der Waals surface area (Å²) in [6.07, 6.45) is -1.25. The lowest BCUT2D eigenvalue weighted by atomic mass is 10.2. The molecule has 1 aromatic carbocycles. The summed E-state index contributed by atoms with van der Waals surface area (Å²) in [6, 6.07) is 12.4. The number of aromatic nitrogens is 1. The fraction of sp³-hybridized carbons (Fsp3) is 0.450. The van der Waals surface area contributed by atoms with Gasteiger partial charge in [0.15, 0.2) is 6.30 Å². The van der Waals surface area contributed by atoms with Crippen molar-refractivity contribution in [3.63, 3.8) is 0 Å². The Bertz CT molecular complexity index is 881. The quantitative estimate of drug-likeness (QED) is 0.406. The van der Waals surface area contributed by atoms with Gasteiger partial charge in [-0.25, -0.2) is 14.4 Å². The average molecular weight is 433 g/mol. The van der Waals surface area contributed by atoms with Crippen LogP contribution in [0.25, 0.3) is 0 Å². The van der Waals surface area contributed by atoms with Gasteiger partial charge in [-0.05, 0) is 25.2 Å². The first-order chi connectivity index (χ1) is 14.5. The van der Waals surface area contributed by atoms with Crippen LogP contribution in [0, 0.1) is 10.1 Å². The van der Waals surface area contributed by atoms with Crippen molar-refractivity contribution >= 4 is 34.8 Å². The van der Waals surface area contributed by atoms with Crippen LogP contribution in [0.3, 0.4) is 0 Å². The van der Waals surface area contributed by atoms with E-state index in [9.17, 15) is 14.5 Å². The van der Waals surface area contributed by atoms with Gasteiger partial charge in [0.05, 0.1) is 10.6 Å². The minimum absolute atomic E-state index is 0.137. The van der Waals surface area contributed by atoms with Crippen molar-refractivity contribution in [2.75, 3.05) is 61.2 Å². The molecule has 0 bridgehead atoms. The van der Waals surface area contributed by atoms with Crippen LogP contribution in [0.5, 0.6) is 0 Å². The Balaban J connectivity index is 1.79. The van der Waals surface area contributed by atoms with Crippen LogP contribution in [0.4, 0.5) is 27.4 Å². The van der Waals surface area contributed by atoms with Crippen LogP contribution < -0.4 is 9.91 Å². The van der Waals surface area contributed by atoms with Gasteiger partial charge >= 0.3 is 5.69 Å². The number of piperazine rings is 1. The number of anilines is 3. The van der Waals surface area contributed by atoms with Gasteiger partial charge in [0.25, 0.3) is 0 Å². The first-order valence-corrected chi connectivity index (χ1v) is 11.1. The molecule has 160 valence electrons. The van der Waals surface area contributed by atoms with E-state index >= 15 is 0 Å². The Hall–Kier alpha value is -2.43. The van der Waals surface area contributed by atoms with Crippen molar-refractivity contribution in [1.82, 2.24) is 14.9 Å². The summed E-state index contributed by atoms with van der Waals surface area (Å²) in [4.78, 5) is 20.5. The molecule has 1 atom stereocenters. The van der Waals surface area contributed by atoms with E-state index in [-0.39, 0.29) is 11.5 Å². The van der Waals surface area contributed by atoms with Crippen LogP contribution in [0.2, 0.25) is 0 Å². The Kier molecular flexibility index (Phi) is 6.35. The molecule has 4 rings (SSSR count). The second-order valence-electron chi connectivity index (χ2n) is 7.38. The Morgan fingerprint density at radius 2 is 1.87 bits per heavy atom. The molecule has 0 N–H and O–H groups in total. The zero-order valence-electron chi connectivity index (χ0n) is 16.9. The highest BCUT2D eigenvalue weighted by molar-refractivity contribution is 7.99. The lowest BCUT2D eigenvalue weighted by Crippen LogP contribution is -2.50. The molecule has 2 aliphatic heterocycles. The van der Waals surface area contributed by atoms with Crippen molar-refractivity contribution in [2.24, 2.45) is 0 Å². The van der Waals surface area contributed by atoms with Gasteiger partial charge in [-0.2, -0.15) is 16.8 Å². The molecule has 2 aromatic rings. The number of hydrogen-bond acceptors (Lipinski definition) is 8. The second-order valence-corrected chi connectivity index (χ2v) is 8.53. The summed E-state index contributed by atoms with van der Waals surface area (Å²) < 4.78 is 15.0. The number of rotatable bonds is 5. The Morgan fingerprint density at radius 1 is 1.13 bits per heavy atom. The predicted octanol–water partition coefficient (Wildman–Crippen LogP) is 3.14. The second kappa shape index (κ2) is 9.15. The molecule has 2 saturated heterocycles. The maximum atomic E-state index is 15.0. The molecule has 8 nitrogen and oxygen atoms in total. The van der Waals surface area contributed by atoms with Crippen LogP contribution in [0.15, 0.2) is 42.5 Å². The standard InChI is InChI=1S/C20H25FN6O2S/c1-23-9-11-24(12-10-23)19-8-7-17(27(28)29)20(22-19)26(16-5-3-2-4-6-16)25-13-14-30-15-18(25)21/h2-8,18H,9-15H2,1H3. The lowest BCUT2D eigenvalue weighted by Gasteiger charge is -2.40. The molecule has 10 heteroatoms. The molecular formula is C20H25FN6O2S. The topological polar surface area (TPSA) is 69.0 Å². The van der Waals surface area contributed by atoms with Crippen molar-refractivity contribution < 1.29 is 9.31 Å². The molecule has 2 fully saturated rings. The number of benzene rings is 1. The molecule has 3 heterocycles. The fourth-order valence-corrected chi connectivity index (χ4v) is 4.54. The fourth-order valence-electron chi connectivity index (χ4n) is 3.69. The number of pyridine rings is 1. The highest BCUT2D eigenvalue weighted by Gasteiger charge is 2.34. The van der Waals surface area contributed by atoms with Crippen LogP contribution in [0.1, 0.15) is 0 Å². The van der Waals surface area contributed by atoms with Gasteiger partial charge in [-0.3, -0.25) is 10.1 Å². The molecule has 0 aliphatic carbocycles. The average Bonchev–Trinajstić information content (AvgIpc) is 2.76. The summed E-state index contributed by atoms with van der Waals surface area (Å²) in [7, 11) is 2.07. The van der Waals surface area contributed by atoms with E-state index in [2.05, 4.69) is 16.8 Å². The highest BCUT2D eigenvalue weighted by Crippen LogP contribution is 2.37. The maximum absolute atomic E-state index is 15.0. The van der Waals surface area contributed by atoms with Crippen molar-refractivity contribution in [2.45, 2.75) is 6.30 Å². The van der Waals surface area contributed by atoms with Gasteiger partial charge in [-0.1, -0.05) is 18.2 Å². The molecule has 0 radical (unpaired) electrons. The van der Waals surface area contributed by atoms with Crippen LogP contribution >= 0.6 is 11.8 Å². The number of nitrogens with zero attached hydrogens (tertiary/aromatic N) is 6. The summed E-state index contributed by atoms with van der Waals surface area (Å²) in [5.41, 5.74) is 0.514. The van der Waals surface area contributed by atoms with Gasteiger partial charge < -0.3 is 9.80 Å². The van der Waals surface area contributed by atoms with Gasteiger partial charge in [-0.15, -0.1) is 0 Å². The van der Waals surface area contributed by atoms with Crippen LogP contribution in [-0.4, -0.2) is 77.4 Å². The molecule has 0 amide bonds. The number of hydrogen-bond donors (Lipinski definition) is 0. The first kappa shape index (κ1) is 20.8. The van der Waals surface area contributed by atoms with Crippen molar-refractivity contribution in [3.05, 3.63) is 52.6 Å². The normalized spacial score (nSPS) is 20.9. The molecule has 0 saturated carbocycles. The van der Waals surface area contributed by atoms with Gasteiger partial charge in [0, 0.05) is 50.3 Å². The highest BCUT2D eigenvalue weighted by atomic mass is 32.2. The summed E-state index contributed by atoms with van der Waals surface area (Å²) in [6.45, 7) is 3.81. The molecule has 1 aromatic heterocycles. The van der Waals surface area contributed by atoms with E-state index in [1.54, 1.807) is 27.8 Å². The van der Waals surface area contributed by atoms with Crippen LogP contribution in [-0.2, 0) is 0 Å². The van der Waals surface area contributed by atoms with Crippen molar-refractivity contribution in [1.29, 1.82) is 0 Å². The largest absolute Gasteiger partial charge is 0.354 e. The SMILES string of the molecule is CN1CCN(c2ccc([N+](=O)[O-])c(N(c3ccccc3)N3CCSCC3F)n2)CC1. The lowest BCUT2D eigenvalue weighted by molar-refractivity contribution is -0.384. The maximum Gasteiger partial charge on any atom is 0.313 e. The zero-order valence-corrected chi connectivity index (χ0v) is 17.7. The third-order valence-electron chi connectivity index (χ3n) is 5.37. The smallest absolute Gasteiger partial charge is 0.313 e. The number of nitro groups is 1. The van der Waals surface area contributed by atoms with E-state index in [0.717, 1.165) is 31.9 Å². The summed E-state index contributed by atoms with van der Waals surface area (Å²) in [5.74, 6) is 1.88. The minimum atomic E-state index is -1.25. The Morgan fingerprint density at radius 3 is 2.53 bits per heavy atom. The Labute approximate surface area is 179 Å². The minimum Gasteiger partial charge on any atom is -0.354 e. The van der Waals surface area contributed by atoms with Gasteiger partial charge in [0.1, 0.15) is 5.82 Å². The monoisotopic (exact) mass is 432 g/mol. The van der Waals surface area contributed by atoms with E-state index in [0.29, 0.717) is 23.8 Å². The van der Waals surface area contributed by atoms with E-state index in [1.807, 2.05) is 30.3 Å². The van der Waals surface area contributed by atoms with E-state index in [1.165, 1.54) is 6.07 Å². The number of halogens is 1. The third kappa shape index (κ3) is 4.35. The van der Waals surface area contributed by atoms with E-state index in [4.69, 9.17) is 4.98 Å². The first-order valence-electron chi connectivity index (χ1n) is 9.97. The summed E-state index contributed by atoms with van der Waals surface area (Å²) in [5, 5.41) is 15.0. The van der Waals surface area contributed by atoms with E-state index < -0.39 is 11.2 Å². The van der Waals surface area contributed by atoms with Gasteiger partial charge in [0.2, 0.25) is 5.82 Å². The predicted molar refractivity (Wildman–Crippen MR) is 118 cm³/mol. The number of hydrazine groups is 1. The molecule has 30 heavy (non-hydrogen) atoms.